The summed E-state index contributed by atoms with van der Waals surface area (Å²) < 4.78 is 6.78. The number of hydrogen-bond donors (Lipinski definition) is 0. The van der Waals surface area contributed by atoms with Gasteiger partial charge >= 0.3 is 0 Å². The summed E-state index contributed by atoms with van der Waals surface area (Å²) in [4.78, 5) is 2.57. The van der Waals surface area contributed by atoms with E-state index in [0.29, 0.717) is 5.92 Å². The van der Waals surface area contributed by atoms with E-state index in [2.05, 4.69) is 52.0 Å². The highest BCUT2D eigenvalue weighted by Gasteiger charge is 2.23. The molecule has 0 amide bonds. The summed E-state index contributed by atoms with van der Waals surface area (Å²) in [5.41, 5.74) is 1.42. The Morgan fingerprint density at radius 3 is 2.55 bits per heavy atom. The van der Waals surface area contributed by atoms with Crippen molar-refractivity contribution in [1.82, 2.24) is 4.90 Å². The minimum Gasteiger partial charge on any atom is -0.378 e. The van der Waals surface area contributed by atoms with Gasteiger partial charge in [-0.25, -0.2) is 0 Å². The number of rotatable bonds is 6. The van der Waals surface area contributed by atoms with Crippen LogP contribution in [0.1, 0.15) is 25.3 Å². The van der Waals surface area contributed by atoms with Gasteiger partial charge in [-0.2, -0.15) is 0 Å². The molecule has 2 nitrogen and oxygen atoms in total. The highest BCUT2D eigenvalue weighted by atomic mass is 79.9. The maximum Gasteiger partial charge on any atom is 0.0605 e. The maximum absolute atomic E-state index is 5.62. The second kappa shape index (κ2) is 8.16. The Kier molecular flexibility index (Phi) is 6.53. The molecule has 111 valence electrons. The smallest absolute Gasteiger partial charge is 0.0605 e. The van der Waals surface area contributed by atoms with Crippen molar-refractivity contribution in [1.29, 1.82) is 0 Å². The van der Waals surface area contributed by atoms with Gasteiger partial charge in [0, 0.05) is 17.6 Å². The lowest BCUT2D eigenvalue weighted by Crippen LogP contribution is -2.38. The quantitative estimate of drug-likeness (QED) is 0.778. The van der Waals surface area contributed by atoms with Gasteiger partial charge in [-0.05, 0) is 69.8 Å². The fraction of sp³-hybridized carbons (Fsp3) is 0.588. The van der Waals surface area contributed by atoms with Gasteiger partial charge < -0.3 is 9.64 Å². The van der Waals surface area contributed by atoms with Crippen molar-refractivity contribution in [3.8, 4) is 0 Å². The normalized spacial score (nSPS) is 19.1. The largest absolute Gasteiger partial charge is 0.378 e. The first-order valence-corrected chi connectivity index (χ1v) is 8.40. The molecule has 0 spiro atoms. The molecule has 0 bridgehead atoms. The minimum absolute atomic E-state index is 0.175. The number of halogens is 1. The van der Waals surface area contributed by atoms with Crippen LogP contribution in [0.2, 0.25) is 0 Å². The summed E-state index contributed by atoms with van der Waals surface area (Å²) >= 11 is 3.48. The Hall–Kier alpha value is -0.380. The second-order valence-corrected chi connectivity index (χ2v) is 6.47. The molecule has 1 fully saturated rings. The zero-order chi connectivity index (χ0) is 14.4. The molecular formula is C17H25BrNO. The van der Waals surface area contributed by atoms with Gasteiger partial charge in [0.15, 0.2) is 0 Å². The molecule has 1 heterocycles. The molecule has 1 unspecified atom stereocenters. The van der Waals surface area contributed by atoms with Gasteiger partial charge in [-0.3, -0.25) is 0 Å². The third-order valence-electron chi connectivity index (χ3n) is 4.17. The maximum atomic E-state index is 5.62. The van der Waals surface area contributed by atoms with Crippen LogP contribution >= 0.6 is 15.9 Å². The Morgan fingerprint density at radius 1 is 1.30 bits per heavy atom. The molecule has 0 N–H and O–H groups in total. The number of piperidine rings is 1. The zero-order valence-corrected chi connectivity index (χ0v) is 13.9. The number of hydrogen-bond acceptors (Lipinski definition) is 2. The van der Waals surface area contributed by atoms with Crippen LogP contribution in [0.4, 0.5) is 0 Å². The Labute approximate surface area is 131 Å². The van der Waals surface area contributed by atoms with Crippen molar-refractivity contribution in [2.75, 3.05) is 26.2 Å². The van der Waals surface area contributed by atoms with Crippen LogP contribution in [0.15, 0.2) is 28.7 Å². The lowest BCUT2D eigenvalue weighted by Gasteiger charge is -2.34. The van der Waals surface area contributed by atoms with Gasteiger partial charge in [0.25, 0.3) is 0 Å². The van der Waals surface area contributed by atoms with Gasteiger partial charge in [-0.15, -0.1) is 0 Å². The zero-order valence-electron chi connectivity index (χ0n) is 12.4. The highest BCUT2D eigenvalue weighted by Crippen LogP contribution is 2.22. The van der Waals surface area contributed by atoms with Crippen LogP contribution in [0.25, 0.3) is 0 Å². The summed E-state index contributed by atoms with van der Waals surface area (Å²) in [7, 11) is 0. The average molecular weight is 339 g/mol. The van der Waals surface area contributed by atoms with E-state index in [1.807, 2.05) is 6.92 Å². The van der Waals surface area contributed by atoms with Crippen molar-refractivity contribution >= 4 is 15.9 Å². The van der Waals surface area contributed by atoms with Crippen molar-refractivity contribution in [2.24, 2.45) is 5.92 Å². The Balaban J connectivity index is 1.70. The average Bonchev–Trinajstić information content (AvgIpc) is 2.47. The predicted octanol–water partition coefficient (Wildman–Crippen LogP) is 3.94. The Morgan fingerprint density at radius 2 is 1.95 bits per heavy atom. The number of ether oxygens (including phenoxy) is 1. The van der Waals surface area contributed by atoms with Crippen LogP contribution in [-0.2, 0) is 11.2 Å². The van der Waals surface area contributed by atoms with E-state index in [-0.39, 0.29) is 6.10 Å². The third-order valence-corrected chi connectivity index (χ3v) is 4.70. The van der Waals surface area contributed by atoms with E-state index in [1.165, 1.54) is 31.5 Å². The van der Waals surface area contributed by atoms with E-state index in [4.69, 9.17) is 4.74 Å². The van der Waals surface area contributed by atoms with Gasteiger partial charge in [-0.1, -0.05) is 28.1 Å². The van der Waals surface area contributed by atoms with Crippen LogP contribution in [-0.4, -0.2) is 37.2 Å². The van der Waals surface area contributed by atoms with Crippen LogP contribution < -0.4 is 0 Å². The first kappa shape index (κ1) is 16.0. The number of benzene rings is 1. The molecule has 0 aliphatic carbocycles. The van der Waals surface area contributed by atoms with E-state index >= 15 is 0 Å². The van der Waals surface area contributed by atoms with Gasteiger partial charge in [0.1, 0.15) is 0 Å². The molecule has 1 aromatic rings. The van der Waals surface area contributed by atoms with Gasteiger partial charge in [0.05, 0.1) is 6.10 Å². The fourth-order valence-electron chi connectivity index (χ4n) is 2.84. The van der Waals surface area contributed by atoms with Crippen molar-refractivity contribution in [3.63, 3.8) is 0 Å². The SMILES string of the molecule is [CH2]C(OCC)C1CCN(CCc2ccc(Br)cc2)CC1. The molecular weight excluding hydrogens is 314 g/mol. The Bertz CT molecular complexity index is 384. The molecule has 3 heteroatoms. The topological polar surface area (TPSA) is 12.5 Å². The van der Waals surface area contributed by atoms with E-state index < -0.39 is 0 Å². The van der Waals surface area contributed by atoms with E-state index in [0.717, 1.165) is 24.0 Å². The molecule has 0 aromatic heterocycles. The lowest BCUT2D eigenvalue weighted by molar-refractivity contribution is 0.0245. The molecule has 1 aromatic carbocycles. The van der Waals surface area contributed by atoms with E-state index in [1.54, 1.807) is 0 Å². The highest BCUT2D eigenvalue weighted by molar-refractivity contribution is 9.10. The summed E-state index contributed by atoms with van der Waals surface area (Å²) in [5.74, 6) is 0.638. The van der Waals surface area contributed by atoms with Crippen LogP contribution in [0.5, 0.6) is 0 Å². The second-order valence-electron chi connectivity index (χ2n) is 5.55. The summed E-state index contributed by atoms with van der Waals surface area (Å²) in [6.07, 6.45) is 3.74. The predicted molar refractivity (Wildman–Crippen MR) is 87.8 cm³/mol. The summed E-state index contributed by atoms with van der Waals surface area (Å²) in [6.45, 7) is 10.5. The molecule has 2 rings (SSSR count). The number of nitrogens with zero attached hydrogens (tertiary/aromatic N) is 1. The van der Waals surface area contributed by atoms with E-state index in [9.17, 15) is 0 Å². The lowest BCUT2D eigenvalue weighted by atomic mass is 9.92. The number of likely N-dealkylation sites (tertiary alicyclic amines) is 1. The molecule has 1 radical (unpaired) electrons. The minimum atomic E-state index is 0.175. The molecule has 0 saturated carbocycles. The molecule has 1 saturated heterocycles. The first-order chi connectivity index (χ1) is 9.69. The van der Waals surface area contributed by atoms with Crippen LogP contribution in [0, 0.1) is 12.8 Å². The molecule has 20 heavy (non-hydrogen) atoms. The fourth-order valence-corrected chi connectivity index (χ4v) is 3.10. The van der Waals surface area contributed by atoms with Crippen molar-refractivity contribution < 1.29 is 4.74 Å². The third kappa shape index (κ3) is 4.87. The summed E-state index contributed by atoms with van der Waals surface area (Å²) in [5, 5.41) is 0. The van der Waals surface area contributed by atoms with Crippen molar-refractivity contribution in [3.05, 3.63) is 41.2 Å². The van der Waals surface area contributed by atoms with Crippen LogP contribution in [0.3, 0.4) is 0 Å². The van der Waals surface area contributed by atoms with Gasteiger partial charge in [0.2, 0.25) is 0 Å². The molecule has 1 aliphatic rings. The summed E-state index contributed by atoms with van der Waals surface area (Å²) in [6, 6.07) is 8.66. The monoisotopic (exact) mass is 338 g/mol. The standard InChI is InChI=1S/C17H25BrNO/c1-3-20-14(2)16-9-12-19(13-10-16)11-8-15-4-6-17(18)7-5-15/h4-7,14,16H,2-3,8-13H2,1H3. The van der Waals surface area contributed by atoms with Crippen molar-refractivity contribution in [2.45, 2.75) is 32.3 Å². The molecule has 1 atom stereocenters. The molecule has 1 aliphatic heterocycles. The first-order valence-electron chi connectivity index (χ1n) is 7.60.